The standard InChI is InChI=1S/C23H29N3O4S2/c1-4-16-13-18(23(29)30-5-2)21(32-16)25-20(27)14-24-19-8-6-7-17(15(19)3)22(28)26-9-11-31-12-10-26/h6-8,13,24H,4-5,9-12,14H2,1-3H3,(H,25,27). The van der Waals surface area contributed by atoms with E-state index in [9.17, 15) is 14.4 Å². The van der Waals surface area contributed by atoms with Crippen molar-refractivity contribution in [2.45, 2.75) is 27.2 Å². The van der Waals surface area contributed by atoms with Crippen molar-refractivity contribution in [3.05, 3.63) is 45.8 Å². The Hall–Kier alpha value is -2.52. The molecule has 172 valence electrons. The summed E-state index contributed by atoms with van der Waals surface area (Å²) in [7, 11) is 0. The van der Waals surface area contributed by atoms with Crippen molar-refractivity contribution in [2.24, 2.45) is 0 Å². The van der Waals surface area contributed by atoms with Gasteiger partial charge in [-0.2, -0.15) is 11.8 Å². The lowest BCUT2D eigenvalue weighted by atomic mass is 10.1. The quantitative estimate of drug-likeness (QED) is 0.561. The highest BCUT2D eigenvalue weighted by molar-refractivity contribution is 7.99. The van der Waals surface area contributed by atoms with E-state index in [4.69, 9.17) is 4.74 Å². The maximum Gasteiger partial charge on any atom is 0.341 e. The van der Waals surface area contributed by atoms with Crippen LogP contribution in [0.4, 0.5) is 10.7 Å². The van der Waals surface area contributed by atoms with Crippen LogP contribution >= 0.6 is 23.1 Å². The fourth-order valence-corrected chi connectivity index (χ4v) is 5.32. The molecule has 9 heteroatoms. The molecule has 1 aromatic heterocycles. The van der Waals surface area contributed by atoms with E-state index in [1.165, 1.54) is 11.3 Å². The molecule has 0 bridgehead atoms. The number of thioether (sulfide) groups is 1. The first-order valence-corrected chi connectivity index (χ1v) is 12.7. The topological polar surface area (TPSA) is 87.7 Å². The van der Waals surface area contributed by atoms with Crippen molar-refractivity contribution in [3.63, 3.8) is 0 Å². The molecule has 2 heterocycles. The van der Waals surface area contributed by atoms with Crippen LogP contribution in [0.15, 0.2) is 24.3 Å². The molecule has 0 spiro atoms. The number of amides is 2. The summed E-state index contributed by atoms with van der Waals surface area (Å²) in [6.45, 7) is 7.43. The number of carbonyl (C=O) groups excluding carboxylic acids is 3. The summed E-state index contributed by atoms with van der Waals surface area (Å²) in [6, 6.07) is 7.28. The number of anilines is 2. The third kappa shape index (κ3) is 5.83. The lowest BCUT2D eigenvalue weighted by molar-refractivity contribution is -0.114. The van der Waals surface area contributed by atoms with Gasteiger partial charge in [0.25, 0.3) is 5.91 Å². The van der Waals surface area contributed by atoms with Gasteiger partial charge in [0.15, 0.2) is 0 Å². The SMILES string of the molecule is CCOC(=O)c1cc(CC)sc1NC(=O)CNc1cccc(C(=O)N2CCSCC2)c1C. The van der Waals surface area contributed by atoms with E-state index in [2.05, 4.69) is 10.6 Å². The monoisotopic (exact) mass is 475 g/mol. The molecule has 1 fully saturated rings. The van der Waals surface area contributed by atoms with Gasteiger partial charge in [0, 0.05) is 40.7 Å². The molecule has 2 amide bonds. The van der Waals surface area contributed by atoms with Gasteiger partial charge in [-0.15, -0.1) is 11.3 Å². The van der Waals surface area contributed by atoms with Crippen LogP contribution in [0, 0.1) is 6.92 Å². The van der Waals surface area contributed by atoms with Crippen molar-refractivity contribution in [2.75, 3.05) is 48.4 Å². The molecule has 1 aliphatic rings. The van der Waals surface area contributed by atoms with Crippen LogP contribution in [-0.2, 0) is 16.0 Å². The number of nitrogens with zero attached hydrogens (tertiary/aromatic N) is 1. The fourth-order valence-electron chi connectivity index (χ4n) is 3.41. The van der Waals surface area contributed by atoms with E-state index < -0.39 is 5.97 Å². The second-order valence-electron chi connectivity index (χ2n) is 7.31. The summed E-state index contributed by atoms with van der Waals surface area (Å²) < 4.78 is 5.10. The van der Waals surface area contributed by atoms with Gasteiger partial charge in [-0.05, 0) is 44.0 Å². The third-order valence-corrected chi connectivity index (χ3v) is 7.32. The van der Waals surface area contributed by atoms with E-state index >= 15 is 0 Å². The third-order valence-electron chi connectivity index (χ3n) is 5.18. The Kier molecular flexibility index (Phi) is 8.58. The van der Waals surface area contributed by atoms with Crippen molar-refractivity contribution in [1.82, 2.24) is 4.90 Å². The van der Waals surface area contributed by atoms with Gasteiger partial charge >= 0.3 is 5.97 Å². The zero-order valence-electron chi connectivity index (χ0n) is 18.7. The van der Waals surface area contributed by atoms with Crippen LogP contribution < -0.4 is 10.6 Å². The molecule has 0 unspecified atom stereocenters. The Morgan fingerprint density at radius 2 is 1.88 bits per heavy atom. The Labute approximate surface area is 196 Å². The minimum atomic E-state index is -0.440. The predicted molar refractivity (Wildman–Crippen MR) is 131 cm³/mol. The highest BCUT2D eigenvalue weighted by Crippen LogP contribution is 2.29. The first-order chi connectivity index (χ1) is 15.4. The molecular formula is C23H29N3O4S2. The zero-order valence-corrected chi connectivity index (χ0v) is 20.3. The summed E-state index contributed by atoms with van der Waals surface area (Å²) >= 11 is 3.24. The number of nitrogens with one attached hydrogen (secondary N) is 2. The fraction of sp³-hybridized carbons (Fsp3) is 0.435. The smallest absolute Gasteiger partial charge is 0.341 e. The molecule has 0 aliphatic carbocycles. The van der Waals surface area contributed by atoms with Gasteiger partial charge in [-0.3, -0.25) is 9.59 Å². The molecule has 7 nitrogen and oxygen atoms in total. The van der Waals surface area contributed by atoms with Gasteiger partial charge in [0.2, 0.25) is 5.91 Å². The molecular weight excluding hydrogens is 446 g/mol. The van der Waals surface area contributed by atoms with Crippen molar-refractivity contribution in [3.8, 4) is 0 Å². The average Bonchev–Trinajstić information content (AvgIpc) is 3.21. The van der Waals surface area contributed by atoms with Gasteiger partial charge in [-0.1, -0.05) is 13.0 Å². The molecule has 0 saturated carbocycles. The molecule has 0 radical (unpaired) electrons. The maximum absolute atomic E-state index is 12.9. The molecule has 32 heavy (non-hydrogen) atoms. The van der Waals surface area contributed by atoms with Gasteiger partial charge in [0.05, 0.1) is 18.7 Å². The minimum absolute atomic E-state index is 0.0143. The lowest BCUT2D eigenvalue weighted by Gasteiger charge is -2.27. The highest BCUT2D eigenvalue weighted by atomic mass is 32.2. The maximum atomic E-state index is 12.9. The van der Waals surface area contributed by atoms with Crippen LogP contribution in [0.2, 0.25) is 0 Å². The minimum Gasteiger partial charge on any atom is -0.462 e. The second kappa shape index (κ2) is 11.4. The van der Waals surface area contributed by atoms with E-state index in [1.54, 1.807) is 13.0 Å². The summed E-state index contributed by atoms with van der Waals surface area (Å²) in [4.78, 5) is 40.6. The second-order valence-corrected chi connectivity index (χ2v) is 9.68. The van der Waals surface area contributed by atoms with Crippen LogP contribution in [0.5, 0.6) is 0 Å². The highest BCUT2D eigenvalue weighted by Gasteiger charge is 2.21. The summed E-state index contributed by atoms with van der Waals surface area (Å²) in [5.74, 6) is 1.23. The predicted octanol–water partition coefficient (Wildman–Crippen LogP) is 4.04. The number of ether oxygens (including phenoxy) is 1. The number of esters is 1. The van der Waals surface area contributed by atoms with E-state index in [1.807, 2.05) is 48.7 Å². The molecule has 1 aromatic carbocycles. The molecule has 2 N–H and O–H groups in total. The molecule has 1 saturated heterocycles. The molecule has 2 aromatic rings. The number of rotatable bonds is 8. The number of hydrogen-bond donors (Lipinski definition) is 2. The summed E-state index contributed by atoms with van der Waals surface area (Å²) in [5, 5.41) is 6.45. The Morgan fingerprint density at radius 3 is 2.56 bits per heavy atom. The molecule has 1 aliphatic heterocycles. The van der Waals surface area contributed by atoms with Crippen LogP contribution in [-0.4, -0.2) is 60.4 Å². The number of carbonyl (C=O) groups is 3. The summed E-state index contributed by atoms with van der Waals surface area (Å²) in [5.41, 5.74) is 2.59. The average molecular weight is 476 g/mol. The molecule has 3 rings (SSSR count). The number of thiophene rings is 1. The van der Waals surface area contributed by atoms with E-state index in [0.717, 1.165) is 47.1 Å². The van der Waals surface area contributed by atoms with Gasteiger partial charge in [-0.25, -0.2) is 4.79 Å². The Bertz CT molecular complexity index is 984. The number of hydrogen-bond acceptors (Lipinski definition) is 7. The lowest BCUT2D eigenvalue weighted by Crippen LogP contribution is -2.38. The van der Waals surface area contributed by atoms with Crippen molar-refractivity contribution >= 4 is 51.6 Å². The van der Waals surface area contributed by atoms with Crippen molar-refractivity contribution < 1.29 is 19.1 Å². The Morgan fingerprint density at radius 1 is 1.12 bits per heavy atom. The molecule has 0 atom stereocenters. The zero-order chi connectivity index (χ0) is 23.1. The van der Waals surface area contributed by atoms with Crippen LogP contribution in [0.25, 0.3) is 0 Å². The van der Waals surface area contributed by atoms with E-state index in [-0.39, 0.29) is 25.0 Å². The van der Waals surface area contributed by atoms with Crippen LogP contribution in [0.1, 0.15) is 45.0 Å². The van der Waals surface area contributed by atoms with Gasteiger partial charge in [0.1, 0.15) is 5.00 Å². The first kappa shape index (κ1) is 24.1. The normalized spacial score (nSPS) is 13.5. The first-order valence-electron chi connectivity index (χ1n) is 10.7. The van der Waals surface area contributed by atoms with Gasteiger partial charge < -0.3 is 20.3 Å². The number of benzene rings is 1. The largest absolute Gasteiger partial charge is 0.462 e. The van der Waals surface area contributed by atoms with E-state index in [0.29, 0.717) is 16.1 Å². The van der Waals surface area contributed by atoms with Crippen molar-refractivity contribution in [1.29, 1.82) is 0 Å². The Balaban J connectivity index is 1.66. The number of aryl methyl sites for hydroxylation is 1. The van der Waals surface area contributed by atoms with Crippen LogP contribution in [0.3, 0.4) is 0 Å². The summed E-state index contributed by atoms with van der Waals surface area (Å²) in [6.07, 6.45) is 0.765.